The summed E-state index contributed by atoms with van der Waals surface area (Å²) < 4.78 is 6.62. The molecule has 0 fully saturated rings. The van der Waals surface area contributed by atoms with Crippen LogP contribution in [0.25, 0.3) is 21.3 Å². The second kappa shape index (κ2) is 7.65. The van der Waals surface area contributed by atoms with Crippen molar-refractivity contribution in [2.24, 2.45) is 0 Å². The molecule has 0 atom stereocenters. The Balaban J connectivity index is 1.50. The van der Waals surface area contributed by atoms with Gasteiger partial charge in [-0.15, -0.1) is 21.5 Å². The lowest BCUT2D eigenvalue weighted by Gasteiger charge is -2.00. The van der Waals surface area contributed by atoms with E-state index in [1.165, 1.54) is 5.56 Å². The number of carbonyl (C=O) groups excluding carboxylic acids is 1. The van der Waals surface area contributed by atoms with Crippen molar-refractivity contribution in [3.8, 4) is 11.1 Å². The lowest BCUT2D eigenvalue weighted by molar-refractivity contribution is -0.124. The highest BCUT2D eigenvalue weighted by Gasteiger charge is 2.12. The van der Waals surface area contributed by atoms with Crippen LogP contribution in [-0.2, 0) is 17.8 Å². The Kier molecular flexibility index (Phi) is 4.91. The molecule has 2 aromatic carbocycles. The topological polar surface area (TPSA) is 101 Å². The van der Waals surface area contributed by atoms with Crippen LogP contribution in [0, 0.1) is 0 Å². The van der Waals surface area contributed by atoms with E-state index in [1.54, 1.807) is 11.3 Å². The van der Waals surface area contributed by atoms with Crippen LogP contribution in [0.2, 0.25) is 0 Å². The first-order chi connectivity index (χ1) is 13.2. The van der Waals surface area contributed by atoms with Crippen molar-refractivity contribution in [1.82, 2.24) is 20.5 Å². The van der Waals surface area contributed by atoms with Crippen molar-refractivity contribution in [1.29, 1.82) is 0 Å². The number of rotatable bonds is 6. The molecule has 7 nitrogen and oxygen atoms in total. The third kappa shape index (κ3) is 4.02. The van der Waals surface area contributed by atoms with Gasteiger partial charge in [-0.1, -0.05) is 36.4 Å². The van der Waals surface area contributed by atoms with Crippen LogP contribution in [0.3, 0.4) is 0 Å². The molecule has 0 aliphatic heterocycles. The van der Waals surface area contributed by atoms with Crippen LogP contribution >= 0.6 is 11.3 Å². The minimum atomic E-state index is -0.572. The SMILES string of the molecule is O=C(CO)NCc1nnc(Cc2nc3ccc(-c4ccccc4)cc3s2)o1. The van der Waals surface area contributed by atoms with Crippen molar-refractivity contribution < 1.29 is 14.3 Å². The van der Waals surface area contributed by atoms with Gasteiger partial charge in [0.15, 0.2) is 0 Å². The lowest BCUT2D eigenvalue weighted by atomic mass is 10.1. The molecule has 0 bridgehead atoms. The number of fused-ring (bicyclic) bond motifs is 1. The Bertz CT molecular complexity index is 1070. The predicted octanol–water partition coefficient (Wildman–Crippen LogP) is 2.55. The molecule has 0 radical (unpaired) electrons. The van der Waals surface area contributed by atoms with Gasteiger partial charge in [0.1, 0.15) is 11.6 Å². The van der Waals surface area contributed by atoms with E-state index in [2.05, 4.69) is 44.8 Å². The second-order valence-corrected chi connectivity index (χ2v) is 6.97. The van der Waals surface area contributed by atoms with Crippen molar-refractivity contribution in [2.45, 2.75) is 13.0 Å². The summed E-state index contributed by atoms with van der Waals surface area (Å²) in [6, 6.07) is 16.4. The van der Waals surface area contributed by atoms with Crippen molar-refractivity contribution in [3.05, 3.63) is 65.3 Å². The van der Waals surface area contributed by atoms with Crippen LogP contribution in [0.4, 0.5) is 0 Å². The second-order valence-electron chi connectivity index (χ2n) is 5.86. The van der Waals surface area contributed by atoms with Crippen LogP contribution < -0.4 is 5.32 Å². The van der Waals surface area contributed by atoms with E-state index in [1.807, 2.05) is 24.3 Å². The molecule has 0 aliphatic rings. The lowest BCUT2D eigenvalue weighted by Crippen LogP contribution is -2.25. The van der Waals surface area contributed by atoms with Crippen LogP contribution in [0.1, 0.15) is 16.8 Å². The molecule has 0 saturated carbocycles. The zero-order chi connectivity index (χ0) is 18.6. The molecule has 0 aliphatic carbocycles. The number of aliphatic hydroxyl groups is 1. The van der Waals surface area contributed by atoms with Gasteiger partial charge in [0, 0.05) is 0 Å². The smallest absolute Gasteiger partial charge is 0.246 e. The van der Waals surface area contributed by atoms with E-state index in [4.69, 9.17) is 9.52 Å². The first-order valence-electron chi connectivity index (χ1n) is 8.35. The van der Waals surface area contributed by atoms with Gasteiger partial charge in [-0.2, -0.15) is 0 Å². The summed E-state index contributed by atoms with van der Waals surface area (Å²) in [4.78, 5) is 15.7. The van der Waals surface area contributed by atoms with E-state index in [-0.39, 0.29) is 6.54 Å². The number of nitrogens with one attached hydrogen (secondary N) is 1. The first kappa shape index (κ1) is 17.3. The Hall–Kier alpha value is -3.10. The number of hydrogen-bond donors (Lipinski definition) is 2. The fraction of sp³-hybridized carbons (Fsp3) is 0.158. The molecule has 2 N–H and O–H groups in total. The third-order valence-corrected chi connectivity index (χ3v) is 4.95. The van der Waals surface area contributed by atoms with Gasteiger partial charge in [0.2, 0.25) is 17.7 Å². The molecular weight excluding hydrogens is 364 g/mol. The van der Waals surface area contributed by atoms with E-state index >= 15 is 0 Å². The zero-order valence-corrected chi connectivity index (χ0v) is 15.1. The molecule has 0 saturated heterocycles. The monoisotopic (exact) mass is 380 g/mol. The average Bonchev–Trinajstić information content (AvgIpc) is 3.32. The summed E-state index contributed by atoms with van der Waals surface area (Å²) in [5, 5.41) is 19.9. The van der Waals surface area contributed by atoms with Crippen molar-refractivity contribution >= 4 is 27.5 Å². The largest absolute Gasteiger partial charge is 0.423 e. The molecule has 27 heavy (non-hydrogen) atoms. The minimum Gasteiger partial charge on any atom is -0.423 e. The maximum Gasteiger partial charge on any atom is 0.246 e. The van der Waals surface area contributed by atoms with Crippen LogP contribution in [0.15, 0.2) is 52.9 Å². The van der Waals surface area contributed by atoms with Crippen LogP contribution in [0.5, 0.6) is 0 Å². The number of hydrogen-bond acceptors (Lipinski definition) is 7. The highest BCUT2D eigenvalue weighted by atomic mass is 32.1. The molecule has 4 rings (SSSR count). The number of carbonyl (C=O) groups is 1. The normalized spacial score (nSPS) is 11.0. The summed E-state index contributed by atoms with van der Waals surface area (Å²) >= 11 is 1.59. The minimum absolute atomic E-state index is 0.0900. The number of aromatic nitrogens is 3. The van der Waals surface area contributed by atoms with E-state index < -0.39 is 12.5 Å². The molecule has 0 unspecified atom stereocenters. The zero-order valence-electron chi connectivity index (χ0n) is 14.3. The summed E-state index contributed by atoms with van der Waals surface area (Å²) in [6.07, 6.45) is 0.432. The molecule has 2 heterocycles. The standard InChI is InChI=1S/C19H16N4O3S/c24-11-16(25)20-10-18-23-22-17(26-18)9-19-21-14-7-6-13(8-15(14)27-19)12-4-2-1-3-5-12/h1-8,24H,9-11H2,(H,20,25). The number of nitrogens with zero attached hydrogens (tertiary/aromatic N) is 3. The van der Waals surface area contributed by atoms with Gasteiger partial charge in [0.25, 0.3) is 0 Å². The van der Waals surface area contributed by atoms with Gasteiger partial charge >= 0.3 is 0 Å². The molecule has 0 spiro atoms. The first-order valence-corrected chi connectivity index (χ1v) is 9.16. The number of amides is 1. The van der Waals surface area contributed by atoms with Gasteiger partial charge in [-0.05, 0) is 23.3 Å². The third-order valence-electron chi connectivity index (χ3n) is 3.93. The van der Waals surface area contributed by atoms with Gasteiger partial charge in [-0.3, -0.25) is 4.79 Å². The Morgan fingerprint density at radius 2 is 1.89 bits per heavy atom. The van der Waals surface area contributed by atoms with Gasteiger partial charge < -0.3 is 14.8 Å². The van der Waals surface area contributed by atoms with E-state index in [0.29, 0.717) is 18.2 Å². The molecule has 4 aromatic rings. The predicted molar refractivity (Wildman–Crippen MR) is 101 cm³/mol. The molecule has 136 valence electrons. The Morgan fingerprint density at radius 1 is 1.07 bits per heavy atom. The number of thiazole rings is 1. The highest BCUT2D eigenvalue weighted by Crippen LogP contribution is 2.29. The number of benzene rings is 2. The maximum absolute atomic E-state index is 11.1. The van der Waals surface area contributed by atoms with Crippen LogP contribution in [-0.4, -0.2) is 32.8 Å². The molecular formula is C19H16N4O3S. The molecule has 8 heteroatoms. The summed E-state index contributed by atoms with van der Waals surface area (Å²) in [6.45, 7) is -0.482. The quantitative estimate of drug-likeness (QED) is 0.533. The average molecular weight is 380 g/mol. The summed E-state index contributed by atoms with van der Waals surface area (Å²) in [5.41, 5.74) is 3.25. The van der Waals surface area contributed by atoms with Crippen molar-refractivity contribution in [3.63, 3.8) is 0 Å². The fourth-order valence-corrected chi connectivity index (χ4v) is 3.65. The van der Waals surface area contributed by atoms with Crippen molar-refractivity contribution in [2.75, 3.05) is 6.61 Å². The summed E-state index contributed by atoms with van der Waals surface area (Å²) in [5.74, 6) is 0.236. The Labute approximate surface area is 158 Å². The maximum atomic E-state index is 11.1. The molecule has 1 amide bonds. The van der Waals surface area contributed by atoms with E-state index in [0.717, 1.165) is 20.8 Å². The van der Waals surface area contributed by atoms with Gasteiger partial charge in [0.05, 0.1) is 23.2 Å². The van der Waals surface area contributed by atoms with Gasteiger partial charge in [-0.25, -0.2) is 4.98 Å². The fourth-order valence-electron chi connectivity index (χ4n) is 2.65. The highest BCUT2D eigenvalue weighted by molar-refractivity contribution is 7.18. The summed E-state index contributed by atoms with van der Waals surface area (Å²) in [7, 11) is 0. The molecule has 2 aromatic heterocycles. The number of aliphatic hydroxyl groups excluding tert-OH is 1. The Morgan fingerprint density at radius 3 is 2.70 bits per heavy atom. The van der Waals surface area contributed by atoms with E-state index in [9.17, 15) is 4.79 Å².